The molecule has 1 saturated heterocycles. The molecule has 4 rings (SSSR count). The van der Waals surface area contributed by atoms with Crippen LogP contribution in [0.5, 0.6) is 0 Å². The molecule has 1 aromatic heterocycles. The molecular formula is C28H34N4O4. The number of rotatable bonds is 9. The predicted molar refractivity (Wildman–Crippen MR) is 135 cm³/mol. The Balaban J connectivity index is 1.47. The summed E-state index contributed by atoms with van der Waals surface area (Å²) in [5, 5.41) is 19.4. The first-order valence-corrected chi connectivity index (χ1v) is 12.6. The Bertz CT molecular complexity index is 1150. The Morgan fingerprint density at radius 3 is 2.56 bits per heavy atom. The molecule has 0 unspecified atom stereocenters. The number of ether oxygens (including phenoxy) is 1. The minimum absolute atomic E-state index is 0.0256. The van der Waals surface area contributed by atoms with Crippen LogP contribution in [0, 0.1) is 6.92 Å². The summed E-state index contributed by atoms with van der Waals surface area (Å²) in [5.74, 6) is -0.351. The van der Waals surface area contributed by atoms with E-state index in [4.69, 9.17) is 4.74 Å². The van der Waals surface area contributed by atoms with Gasteiger partial charge in [0.15, 0.2) is 0 Å². The van der Waals surface area contributed by atoms with Crippen molar-refractivity contribution in [1.29, 1.82) is 0 Å². The van der Waals surface area contributed by atoms with Crippen molar-refractivity contribution in [3.05, 3.63) is 83.2 Å². The molecule has 0 bridgehead atoms. The normalized spacial score (nSPS) is 19.8. The third-order valence-electron chi connectivity index (χ3n) is 6.70. The first-order valence-electron chi connectivity index (χ1n) is 12.6. The van der Waals surface area contributed by atoms with E-state index in [0.29, 0.717) is 30.6 Å². The number of piperidine rings is 1. The fraction of sp³-hybridized carbons (Fsp3) is 0.429. The average Bonchev–Trinajstić information content (AvgIpc) is 3.37. The molecule has 1 fully saturated rings. The standard InChI is InChI=1S/C28H34N4O4/c1-3-4-6-11-27(34)31-18-25(26(33)16-24(31)21-14-12-20(2)13-15-21)32-17-23(29-30-32)19-36-28(35)22-9-7-5-8-10-22/h5,7-10,12-15,17,24-26,33H,3-4,6,11,16,18-19H2,1-2H3/t24-,25-,26-/m1/s1. The summed E-state index contributed by atoms with van der Waals surface area (Å²) in [6.07, 6.45) is 4.76. The maximum atomic E-state index is 13.3. The van der Waals surface area contributed by atoms with Crippen LogP contribution in [0.2, 0.25) is 0 Å². The van der Waals surface area contributed by atoms with E-state index >= 15 is 0 Å². The Morgan fingerprint density at radius 2 is 1.83 bits per heavy atom. The van der Waals surface area contributed by atoms with Gasteiger partial charge in [-0.3, -0.25) is 4.79 Å². The van der Waals surface area contributed by atoms with E-state index in [1.807, 2.05) is 42.2 Å². The molecule has 1 N–H and O–H groups in total. The number of aromatic nitrogens is 3. The van der Waals surface area contributed by atoms with Gasteiger partial charge in [0.05, 0.1) is 29.9 Å². The maximum Gasteiger partial charge on any atom is 0.338 e. The molecule has 36 heavy (non-hydrogen) atoms. The van der Waals surface area contributed by atoms with Crippen molar-refractivity contribution in [3.8, 4) is 0 Å². The predicted octanol–water partition coefficient (Wildman–Crippen LogP) is 4.40. The lowest BCUT2D eigenvalue weighted by Gasteiger charge is -2.42. The number of esters is 1. The summed E-state index contributed by atoms with van der Waals surface area (Å²) >= 11 is 0. The van der Waals surface area contributed by atoms with Gasteiger partial charge in [-0.05, 0) is 31.0 Å². The highest BCUT2D eigenvalue weighted by atomic mass is 16.5. The SMILES string of the molecule is CCCCCC(=O)N1C[C@@H](n2cc(COC(=O)c3ccccc3)nn2)[C@H](O)C[C@@H]1c1ccc(C)cc1. The van der Waals surface area contributed by atoms with E-state index in [-0.39, 0.29) is 18.6 Å². The monoisotopic (exact) mass is 490 g/mol. The smallest absolute Gasteiger partial charge is 0.338 e. The number of likely N-dealkylation sites (tertiary alicyclic amines) is 1. The van der Waals surface area contributed by atoms with Gasteiger partial charge in [0.2, 0.25) is 5.91 Å². The summed E-state index contributed by atoms with van der Waals surface area (Å²) in [6, 6.07) is 16.3. The molecule has 1 aliphatic heterocycles. The number of hydrogen-bond acceptors (Lipinski definition) is 6. The van der Waals surface area contributed by atoms with Gasteiger partial charge in [-0.2, -0.15) is 0 Å². The lowest BCUT2D eigenvalue weighted by molar-refractivity contribution is -0.139. The van der Waals surface area contributed by atoms with Gasteiger partial charge in [0.1, 0.15) is 12.3 Å². The highest BCUT2D eigenvalue weighted by Gasteiger charge is 2.39. The summed E-state index contributed by atoms with van der Waals surface area (Å²) in [4.78, 5) is 27.4. The third-order valence-corrected chi connectivity index (χ3v) is 6.70. The van der Waals surface area contributed by atoms with Crippen molar-refractivity contribution in [2.75, 3.05) is 6.54 Å². The van der Waals surface area contributed by atoms with Crippen molar-refractivity contribution >= 4 is 11.9 Å². The summed E-state index contributed by atoms with van der Waals surface area (Å²) in [7, 11) is 0. The molecule has 1 amide bonds. The summed E-state index contributed by atoms with van der Waals surface area (Å²) in [5.41, 5.74) is 3.12. The Kier molecular flexibility index (Phi) is 8.48. The maximum absolute atomic E-state index is 13.3. The number of unbranched alkanes of at least 4 members (excludes halogenated alkanes) is 2. The minimum Gasteiger partial charge on any atom is -0.455 e. The molecule has 0 spiro atoms. The van der Waals surface area contributed by atoms with E-state index in [0.717, 1.165) is 30.4 Å². The van der Waals surface area contributed by atoms with Gasteiger partial charge in [-0.1, -0.05) is 73.0 Å². The zero-order chi connectivity index (χ0) is 25.5. The Morgan fingerprint density at radius 1 is 1.08 bits per heavy atom. The number of nitrogens with zero attached hydrogens (tertiary/aromatic N) is 4. The molecule has 2 aromatic carbocycles. The van der Waals surface area contributed by atoms with Gasteiger partial charge in [0, 0.05) is 19.4 Å². The second-order valence-electron chi connectivity index (χ2n) is 9.43. The Hall–Kier alpha value is -3.52. The quantitative estimate of drug-likeness (QED) is 0.353. The van der Waals surface area contributed by atoms with Crippen molar-refractivity contribution in [2.45, 2.75) is 70.7 Å². The molecule has 0 aliphatic carbocycles. The van der Waals surface area contributed by atoms with Crippen LogP contribution in [0.1, 0.15) is 78.3 Å². The van der Waals surface area contributed by atoms with Crippen molar-refractivity contribution in [2.24, 2.45) is 0 Å². The summed E-state index contributed by atoms with van der Waals surface area (Å²) in [6.45, 7) is 4.45. The molecule has 3 atom stereocenters. The number of aliphatic hydroxyl groups excluding tert-OH is 1. The average molecular weight is 491 g/mol. The van der Waals surface area contributed by atoms with Crippen LogP contribution in [-0.2, 0) is 16.1 Å². The van der Waals surface area contributed by atoms with Crippen molar-refractivity contribution < 1.29 is 19.4 Å². The fourth-order valence-electron chi connectivity index (χ4n) is 4.61. The van der Waals surface area contributed by atoms with Crippen LogP contribution in [-0.4, -0.2) is 49.5 Å². The molecule has 8 nitrogen and oxygen atoms in total. The number of amides is 1. The van der Waals surface area contributed by atoms with E-state index in [9.17, 15) is 14.7 Å². The van der Waals surface area contributed by atoms with Crippen LogP contribution in [0.4, 0.5) is 0 Å². The first kappa shape index (κ1) is 25.6. The lowest BCUT2D eigenvalue weighted by Crippen LogP contribution is -2.48. The van der Waals surface area contributed by atoms with Gasteiger partial charge in [-0.15, -0.1) is 5.10 Å². The van der Waals surface area contributed by atoms with E-state index in [1.54, 1.807) is 35.1 Å². The first-order chi connectivity index (χ1) is 17.5. The number of hydrogen-bond donors (Lipinski definition) is 1. The van der Waals surface area contributed by atoms with E-state index in [2.05, 4.69) is 17.2 Å². The zero-order valence-corrected chi connectivity index (χ0v) is 20.9. The molecular weight excluding hydrogens is 456 g/mol. The highest BCUT2D eigenvalue weighted by Crippen LogP contribution is 2.36. The molecule has 2 heterocycles. The number of aliphatic hydroxyl groups is 1. The zero-order valence-electron chi connectivity index (χ0n) is 20.9. The second-order valence-corrected chi connectivity index (χ2v) is 9.43. The molecule has 3 aromatic rings. The van der Waals surface area contributed by atoms with E-state index < -0.39 is 18.1 Å². The van der Waals surface area contributed by atoms with Crippen LogP contribution >= 0.6 is 0 Å². The van der Waals surface area contributed by atoms with Crippen LogP contribution in [0.3, 0.4) is 0 Å². The van der Waals surface area contributed by atoms with Gasteiger partial charge in [0.25, 0.3) is 0 Å². The molecule has 0 saturated carbocycles. The largest absolute Gasteiger partial charge is 0.455 e. The van der Waals surface area contributed by atoms with Crippen LogP contribution in [0.15, 0.2) is 60.8 Å². The van der Waals surface area contributed by atoms with Gasteiger partial charge >= 0.3 is 5.97 Å². The molecule has 8 heteroatoms. The van der Waals surface area contributed by atoms with Crippen LogP contribution < -0.4 is 0 Å². The van der Waals surface area contributed by atoms with Crippen molar-refractivity contribution in [3.63, 3.8) is 0 Å². The third kappa shape index (κ3) is 6.18. The number of carbonyl (C=O) groups is 2. The van der Waals surface area contributed by atoms with E-state index in [1.165, 1.54) is 0 Å². The van der Waals surface area contributed by atoms with Gasteiger partial charge in [-0.25, -0.2) is 9.48 Å². The highest BCUT2D eigenvalue weighted by molar-refractivity contribution is 5.89. The topological polar surface area (TPSA) is 97.6 Å². The Labute approximate surface area is 211 Å². The number of aryl methyl sites for hydroxylation is 1. The lowest BCUT2D eigenvalue weighted by atomic mass is 9.89. The number of benzene rings is 2. The second kappa shape index (κ2) is 11.9. The van der Waals surface area contributed by atoms with Crippen LogP contribution in [0.25, 0.3) is 0 Å². The number of carbonyl (C=O) groups excluding carboxylic acids is 2. The molecule has 1 aliphatic rings. The van der Waals surface area contributed by atoms with Crippen molar-refractivity contribution in [1.82, 2.24) is 19.9 Å². The minimum atomic E-state index is -0.711. The van der Waals surface area contributed by atoms with Gasteiger partial charge < -0.3 is 14.7 Å². The summed E-state index contributed by atoms with van der Waals surface area (Å²) < 4.78 is 6.95. The fourth-order valence-corrected chi connectivity index (χ4v) is 4.61. The molecule has 190 valence electrons. The molecule has 0 radical (unpaired) electrons.